The second kappa shape index (κ2) is 12.8. The predicted octanol–water partition coefficient (Wildman–Crippen LogP) is -0.533. The molecule has 0 spiro atoms. The summed E-state index contributed by atoms with van der Waals surface area (Å²) >= 11 is 0. The van der Waals surface area contributed by atoms with Gasteiger partial charge in [-0.15, -0.1) is 10.2 Å². The minimum Gasteiger partial charge on any atom is -0.324 e. The van der Waals surface area contributed by atoms with Gasteiger partial charge in [-0.05, 0) is 26.2 Å². The Morgan fingerprint density at radius 3 is 1.05 bits per heavy atom. The molecule has 0 bridgehead atoms. The molecule has 0 aromatic carbocycles. The fourth-order valence-electron chi connectivity index (χ4n) is 2.29. The average molecular weight is 314 g/mol. The largest absolute Gasteiger partial charge is 0.324 e. The van der Waals surface area contributed by atoms with E-state index in [0.717, 1.165) is 0 Å². The summed E-state index contributed by atoms with van der Waals surface area (Å²) in [6.45, 7) is 14.9. The predicted molar refractivity (Wildman–Crippen MR) is 70.1 cm³/mol. The number of nitrogens with zero attached hydrogens (tertiary/aromatic N) is 1. The summed E-state index contributed by atoms with van der Waals surface area (Å²) < 4.78 is 35.4. The molecule has 0 unspecified atom stereocenters. The molecule has 0 fully saturated rings. The van der Waals surface area contributed by atoms with Crippen molar-refractivity contribution in [2.24, 2.45) is 0 Å². The van der Waals surface area contributed by atoms with Gasteiger partial charge in [0.2, 0.25) is 0 Å². The second-order valence-corrected chi connectivity index (χ2v) is 6.02. The highest BCUT2D eigenvalue weighted by Crippen LogP contribution is 2.14. The molecule has 0 aliphatic heterocycles. The number of halogens is 1. The molecule has 0 radical (unpaired) electrons. The van der Waals surface area contributed by atoms with E-state index >= 15 is 0 Å². The molecule has 0 aliphatic rings. The lowest BCUT2D eigenvalue weighted by Gasteiger charge is -2.38. The van der Waals surface area contributed by atoms with Crippen molar-refractivity contribution in [3.8, 4) is 0 Å². The number of hydrogen-bond acceptors (Lipinski definition) is 4. The van der Waals surface area contributed by atoms with Crippen LogP contribution < -0.4 is 18.6 Å². The first kappa shape index (κ1) is 22.4. The molecule has 5 nitrogen and oxygen atoms in total. The van der Waals surface area contributed by atoms with E-state index in [1.807, 2.05) is 0 Å². The molecular formula is C14H32ClNO4. The third-order valence-corrected chi connectivity index (χ3v) is 3.63. The maximum Gasteiger partial charge on any atom is 0.0786 e. The van der Waals surface area contributed by atoms with Crippen LogP contribution in [0.25, 0.3) is 0 Å². The van der Waals surface area contributed by atoms with Gasteiger partial charge in [-0.25, -0.2) is 18.6 Å². The molecule has 0 N–H and O–H groups in total. The van der Waals surface area contributed by atoms with Crippen LogP contribution in [0.3, 0.4) is 0 Å². The van der Waals surface area contributed by atoms with E-state index in [-0.39, 0.29) is 0 Å². The summed E-state index contributed by atoms with van der Waals surface area (Å²) in [7, 11) is -4.94. The molecule has 0 amide bonds. The first-order valence-electron chi connectivity index (χ1n) is 7.71. The Morgan fingerprint density at radius 1 is 0.650 bits per heavy atom. The van der Waals surface area contributed by atoms with Crippen LogP contribution in [-0.4, -0.2) is 30.7 Å². The normalized spacial score (nSPS) is 12.0. The lowest BCUT2D eigenvalue weighted by molar-refractivity contribution is -2.00. The zero-order valence-electron chi connectivity index (χ0n) is 13.5. The van der Waals surface area contributed by atoms with Crippen molar-refractivity contribution < 1.29 is 33.4 Å². The Kier molecular flexibility index (Phi) is 14.3. The van der Waals surface area contributed by atoms with Gasteiger partial charge in [0, 0.05) is 0 Å². The summed E-state index contributed by atoms with van der Waals surface area (Å²) in [5, 5.41) is 0. The van der Waals surface area contributed by atoms with E-state index in [0.29, 0.717) is 0 Å². The molecule has 0 atom stereocenters. The van der Waals surface area contributed by atoms with Crippen molar-refractivity contribution in [2.75, 3.05) is 26.2 Å². The van der Waals surface area contributed by atoms with E-state index in [9.17, 15) is 0 Å². The summed E-state index contributed by atoms with van der Waals surface area (Å²) in [6.07, 6.45) is 8.25. The van der Waals surface area contributed by atoms with E-state index in [1.165, 1.54) is 69.2 Å². The van der Waals surface area contributed by atoms with Gasteiger partial charge in [0.25, 0.3) is 0 Å². The summed E-state index contributed by atoms with van der Waals surface area (Å²) in [5.74, 6) is 0. The van der Waals surface area contributed by atoms with Gasteiger partial charge in [-0.2, -0.15) is 0 Å². The molecule has 0 heterocycles. The number of quaternary nitrogens is 1. The highest BCUT2D eigenvalue weighted by Gasteiger charge is 2.22. The lowest BCUT2D eigenvalue weighted by Crippen LogP contribution is -2.68. The Morgan fingerprint density at radius 2 is 0.900 bits per heavy atom. The Labute approximate surface area is 126 Å². The maximum absolute atomic E-state index is 8.49. The van der Waals surface area contributed by atoms with Crippen LogP contribution in [-0.2, 0) is 0 Å². The molecule has 0 saturated carbocycles. The van der Waals surface area contributed by atoms with Crippen molar-refractivity contribution >= 4 is 0 Å². The molecule has 0 aromatic rings. The number of hydrogen-bond donors (Lipinski definition) is 0. The highest BCUT2D eigenvalue weighted by atomic mass is 35.7. The Balaban J connectivity index is 0. The highest BCUT2D eigenvalue weighted by molar-refractivity contribution is 4.46. The standard InChI is InChI=1S/C14H32N.ClHO4/c1-5-9-12-15(8-4,13-10-6-2)14-11-7-3;2-1(3,4)5/h5-14H2,1-4H3;(H,2,3,4,5)/q+1;/p-1. The Bertz CT molecular complexity index is 182. The minimum atomic E-state index is -4.94. The van der Waals surface area contributed by atoms with Crippen LogP contribution in [0.1, 0.15) is 66.2 Å². The first-order chi connectivity index (χ1) is 9.24. The SMILES string of the molecule is CCCC[N+](CC)(CCCC)CCCC.[O-][Cl+3]([O-])([O-])[O-]. The van der Waals surface area contributed by atoms with Crippen LogP contribution in [0.2, 0.25) is 0 Å². The maximum atomic E-state index is 8.49. The second-order valence-electron chi connectivity index (χ2n) is 5.27. The van der Waals surface area contributed by atoms with Gasteiger partial charge in [0.05, 0.1) is 26.2 Å². The molecule has 6 heteroatoms. The molecule has 0 saturated heterocycles. The van der Waals surface area contributed by atoms with Crippen molar-refractivity contribution in [3.63, 3.8) is 0 Å². The molecule has 0 aliphatic carbocycles. The van der Waals surface area contributed by atoms with Gasteiger partial charge in [0.15, 0.2) is 0 Å². The monoisotopic (exact) mass is 313 g/mol. The summed E-state index contributed by atoms with van der Waals surface area (Å²) in [5.41, 5.74) is 0. The lowest BCUT2D eigenvalue weighted by atomic mass is 10.1. The van der Waals surface area contributed by atoms with Crippen LogP contribution in [0.5, 0.6) is 0 Å². The third kappa shape index (κ3) is 16.1. The Hall–Kier alpha value is 0.0900. The van der Waals surface area contributed by atoms with Crippen LogP contribution in [0, 0.1) is 10.2 Å². The van der Waals surface area contributed by atoms with E-state index in [2.05, 4.69) is 27.7 Å². The molecule has 0 rings (SSSR count). The van der Waals surface area contributed by atoms with Gasteiger partial charge in [0.1, 0.15) is 0 Å². The van der Waals surface area contributed by atoms with Crippen LogP contribution >= 0.6 is 0 Å². The van der Waals surface area contributed by atoms with Crippen molar-refractivity contribution in [1.82, 2.24) is 0 Å². The minimum absolute atomic E-state index is 1.33. The van der Waals surface area contributed by atoms with Crippen molar-refractivity contribution in [2.45, 2.75) is 66.2 Å². The van der Waals surface area contributed by atoms with E-state index in [1.54, 1.807) is 0 Å². The van der Waals surface area contributed by atoms with Crippen LogP contribution in [0.15, 0.2) is 0 Å². The molecule has 124 valence electrons. The van der Waals surface area contributed by atoms with E-state index in [4.69, 9.17) is 18.6 Å². The van der Waals surface area contributed by atoms with Gasteiger partial charge in [-0.1, -0.05) is 40.0 Å². The first-order valence-corrected chi connectivity index (χ1v) is 8.94. The van der Waals surface area contributed by atoms with Crippen molar-refractivity contribution in [3.05, 3.63) is 0 Å². The van der Waals surface area contributed by atoms with Crippen LogP contribution in [0.4, 0.5) is 0 Å². The van der Waals surface area contributed by atoms with E-state index < -0.39 is 10.2 Å². The smallest absolute Gasteiger partial charge is 0.0786 e. The van der Waals surface area contributed by atoms with Crippen molar-refractivity contribution in [1.29, 1.82) is 0 Å². The zero-order valence-corrected chi connectivity index (χ0v) is 14.3. The number of rotatable bonds is 10. The summed E-state index contributed by atoms with van der Waals surface area (Å²) in [4.78, 5) is 0. The third-order valence-electron chi connectivity index (χ3n) is 3.63. The average Bonchev–Trinajstić information content (AvgIpc) is 2.37. The molecule has 20 heavy (non-hydrogen) atoms. The van der Waals surface area contributed by atoms with Gasteiger partial charge in [-0.3, -0.25) is 0 Å². The quantitative estimate of drug-likeness (QED) is 0.507. The van der Waals surface area contributed by atoms with Gasteiger partial charge < -0.3 is 4.48 Å². The summed E-state index contributed by atoms with van der Waals surface area (Å²) in [6, 6.07) is 0. The zero-order chi connectivity index (χ0) is 16.1. The number of unbranched alkanes of at least 4 members (excludes halogenated alkanes) is 3. The fourth-order valence-corrected chi connectivity index (χ4v) is 2.29. The van der Waals surface area contributed by atoms with Gasteiger partial charge >= 0.3 is 0 Å². The topological polar surface area (TPSA) is 92.2 Å². The fraction of sp³-hybridized carbons (Fsp3) is 1.00. The molecule has 0 aromatic heterocycles. The molecular weight excluding hydrogens is 282 g/mol.